The van der Waals surface area contributed by atoms with Gasteiger partial charge in [-0.2, -0.15) is 0 Å². The predicted octanol–water partition coefficient (Wildman–Crippen LogP) is 10.0. The van der Waals surface area contributed by atoms with Gasteiger partial charge in [0.2, 0.25) is 0 Å². The van der Waals surface area contributed by atoms with Gasteiger partial charge in [0.1, 0.15) is 6.17 Å². The SMILES string of the molecule is CCCCCCCCCCCCCCCCN1C=CN(CCCC)C1CCCCCCC. The van der Waals surface area contributed by atoms with Crippen molar-refractivity contribution < 1.29 is 0 Å². The topological polar surface area (TPSA) is 6.48 Å². The van der Waals surface area contributed by atoms with Gasteiger partial charge in [-0.1, -0.05) is 136 Å². The Morgan fingerprint density at radius 3 is 1.19 bits per heavy atom. The molecule has 0 aromatic heterocycles. The van der Waals surface area contributed by atoms with E-state index in [0.29, 0.717) is 6.17 Å². The summed E-state index contributed by atoms with van der Waals surface area (Å²) in [5, 5.41) is 0. The van der Waals surface area contributed by atoms with Gasteiger partial charge >= 0.3 is 0 Å². The molecule has 190 valence electrons. The molecule has 0 aromatic carbocycles. The van der Waals surface area contributed by atoms with Gasteiger partial charge in [-0.3, -0.25) is 0 Å². The third-order valence-electron chi connectivity index (χ3n) is 7.32. The molecule has 1 unspecified atom stereocenters. The first-order valence-electron chi connectivity index (χ1n) is 15.0. The standard InChI is InChI=1S/C30H60N2/c1-4-7-10-12-13-14-15-16-17-18-19-20-22-24-27-32-29-28-31(26-9-6-3)30(32)25-23-21-11-8-5-2/h28-30H,4-27H2,1-3H3. The molecule has 0 radical (unpaired) electrons. The van der Waals surface area contributed by atoms with Gasteiger partial charge in [0.05, 0.1) is 0 Å². The molecule has 1 aliphatic heterocycles. The van der Waals surface area contributed by atoms with Gasteiger partial charge in [-0.05, 0) is 25.7 Å². The number of hydrogen-bond donors (Lipinski definition) is 0. The lowest BCUT2D eigenvalue weighted by Crippen LogP contribution is -2.39. The summed E-state index contributed by atoms with van der Waals surface area (Å²) in [5.74, 6) is 0. The van der Waals surface area contributed by atoms with Crippen LogP contribution >= 0.6 is 0 Å². The first-order valence-corrected chi connectivity index (χ1v) is 15.0. The van der Waals surface area contributed by atoms with Gasteiger partial charge in [0.25, 0.3) is 0 Å². The lowest BCUT2D eigenvalue weighted by molar-refractivity contribution is 0.136. The second kappa shape index (κ2) is 22.1. The molecule has 0 aliphatic carbocycles. The van der Waals surface area contributed by atoms with Gasteiger partial charge < -0.3 is 9.80 Å². The Balaban J connectivity index is 2.04. The molecule has 0 fully saturated rings. The van der Waals surface area contributed by atoms with Crippen LogP contribution in [-0.2, 0) is 0 Å². The van der Waals surface area contributed by atoms with Crippen LogP contribution in [0, 0.1) is 0 Å². The molecule has 0 spiro atoms. The Morgan fingerprint density at radius 1 is 0.406 bits per heavy atom. The van der Waals surface area contributed by atoms with Crippen LogP contribution in [-0.4, -0.2) is 29.1 Å². The number of rotatable bonds is 24. The van der Waals surface area contributed by atoms with Gasteiger partial charge in [-0.25, -0.2) is 0 Å². The van der Waals surface area contributed by atoms with Crippen molar-refractivity contribution in [1.82, 2.24) is 9.80 Å². The van der Waals surface area contributed by atoms with Crippen LogP contribution in [0.4, 0.5) is 0 Å². The van der Waals surface area contributed by atoms with Crippen LogP contribution in [0.1, 0.15) is 162 Å². The average Bonchev–Trinajstić information content (AvgIpc) is 3.19. The average molecular weight is 449 g/mol. The van der Waals surface area contributed by atoms with Crippen LogP contribution in [0.2, 0.25) is 0 Å². The molecule has 1 rings (SSSR count). The summed E-state index contributed by atoms with van der Waals surface area (Å²) in [5.41, 5.74) is 0. The summed E-state index contributed by atoms with van der Waals surface area (Å²) in [6.07, 6.45) is 36.6. The third-order valence-corrected chi connectivity index (χ3v) is 7.32. The van der Waals surface area contributed by atoms with Crippen LogP contribution in [0.5, 0.6) is 0 Å². The molecular weight excluding hydrogens is 388 g/mol. The van der Waals surface area contributed by atoms with E-state index in [4.69, 9.17) is 0 Å². The smallest absolute Gasteiger partial charge is 0.101 e. The van der Waals surface area contributed by atoms with Crippen molar-refractivity contribution in [1.29, 1.82) is 0 Å². The van der Waals surface area contributed by atoms with Crippen molar-refractivity contribution in [2.75, 3.05) is 13.1 Å². The molecule has 0 amide bonds. The van der Waals surface area contributed by atoms with Crippen LogP contribution in [0.3, 0.4) is 0 Å². The molecule has 1 atom stereocenters. The molecule has 32 heavy (non-hydrogen) atoms. The van der Waals surface area contributed by atoms with Crippen molar-refractivity contribution in [2.24, 2.45) is 0 Å². The molecule has 0 bridgehead atoms. The zero-order valence-corrected chi connectivity index (χ0v) is 22.6. The highest BCUT2D eigenvalue weighted by atomic mass is 15.4. The second-order valence-corrected chi connectivity index (χ2v) is 10.4. The van der Waals surface area contributed by atoms with Crippen LogP contribution < -0.4 is 0 Å². The van der Waals surface area contributed by atoms with Crippen LogP contribution in [0.15, 0.2) is 12.4 Å². The van der Waals surface area contributed by atoms with Crippen molar-refractivity contribution in [3.8, 4) is 0 Å². The van der Waals surface area contributed by atoms with Crippen molar-refractivity contribution in [3.05, 3.63) is 12.4 Å². The third kappa shape index (κ3) is 15.2. The molecular formula is C30H60N2. The van der Waals surface area contributed by atoms with E-state index < -0.39 is 0 Å². The lowest BCUT2D eigenvalue weighted by Gasteiger charge is -2.33. The molecule has 2 heteroatoms. The second-order valence-electron chi connectivity index (χ2n) is 10.4. The molecule has 1 aliphatic rings. The van der Waals surface area contributed by atoms with Crippen molar-refractivity contribution >= 4 is 0 Å². The van der Waals surface area contributed by atoms with E-state index in [2.05, 4.69) is 43.0 Å². The zero-order valence-electron chi connectivity index (χ0n) is 22.6. The summed E-state index contributed by atoms with van der Waals surface area (Å²) in [7, 11) is 0. The maximum absolute atomic E-state index is 2.66. The van der Waals surface area contributed by atoms with Gasteiger partial charge in [0, 0.05) is 25.5 Å². The Kier molecular flexibility index (Phi) is 20.3. The molecule has 0 aromatic rings. The highest BCUT2D eigenvalue weighted by Crippen LogP contribution is 2.23. The maximum Gasteiger partial charge on any atom is 0.101 e. The molecule has 0 saturated carbocycles. The fourth-order valence-corrected chi connectivity index (χ4v) is 5.10. The highest BCUT2D eigenvalue weighted by Gasteiger charge is 2.24. The Hall–Kier alpha value is -0.660. The van der Waals surface area contributed by atoms with E-state index in [1.165, 1.54) is 154 Å². The quantitative estimate of drug-likeness (QED) is 0.135. The number of nitrogens with zero attached hydrogens (tertiary/aromatic N) is 2. The minimum atomic E-state index is 0.644. The van der Waals surface area contributed by atoms with Gasteiger partial charge in [0.15, 0.2) is 0 Å². The normalized spacial score (nSPS) is 15.9. The fraction of sp³-hybridized carbons (Fsp3) is 0.933. The minimum absolute atomic E-state index is 0.644. The summed E-state index contributed by atoms with van der Waals surface area (Å²) >= 11 is 0. The number of unbranched alkanes of at least 4 members (excludes halogenated alkanes) is 18. The first kappa shape index (κ1) is 29.4. The Bertz CT molecular complexity index is 406. The van der Waals surface area contributed by atoms with E-state index in [0.717, 1.165) is 0 Å². The van der Waals surface area contributed by atoms with E-state index in [-0.39, 0.29) is 0 Å². The fourth-order valence-electron chi connectivity index (χ4n) is 5.10. The predicted molar refractivity (Wildman–Crippen MR) is 145 cm³/mol. The summed E-state index contributed by atoms with van der Waals surface area (Å²) in [6, 6.07) is 0. The summed E-state index contributed by atoms with van der Waals surface area (Å²) in [6.45, 7) is 9.43. The Morgan fingerprint density at radius 2 is 0.750 bits per heavy atom. The summed E-state index contributed by atoms with van der Waals surface area (Å²) in [4.78, 5) is 5.29. The van der Waals surface area contributed by atoms with Crippen molar-refractivity contribution in [2.45, 2.75) is 168 Å². The van der Waals surface area contributed by atoms with E-state index in [1.807, 2.05) is 0 Å². The summed E-state index contributed by atoms with van der Waals surface area (Å²) < 4.78 is 0. The maximum atomic E-state index is 2.66. The van der Waals surface area contributed by atoms with E-state index in [9.17, 15) is 0 Å². The van der Waals surface area contributed by atoms with E-state index in [1.54, 1.807) is 0 Å². The van der Waals surface area contributed by atoms with Crippen molar-refractivity contribution in [3.63, 3.8) is 0 Å². The molecule has 0 saturated heterocycles. The lowest BCUT2D eigenvalue weighted by atomic mass is 10.0. The highest BCUT2D eigenvalue weighted by molar-refractivity contribution is 4.96. The largest absolute Gasteiger partial charge is 0.356 e. The molecule has 1 heterocycles. The zero-order chi connectivity index (χ0) is 23.1. The van der Waals surface area contributed by atoms with E-state index >= 15 is 0 Å². The Labute approximate surface area is 203 Å². The molecule has 2 nitrogen and oxygen atoms in total. The minimum Gasteiger partial charge on any atom is -0.356 e. The number of hydrogen-bond acceptors (Lipinski definition) is 2. The van der Waals surface area contributed by atoms with Crippen LogP contribution in [0.25, 0.3) is 0 Å². The molecule has 0 N–H and O–H groups in total. The van der Waals surface area contributed by atoms with Gasteiger partial charge in [-0.15, -0.1) is 0 Å². The first-order chi connectivity index (χ1) is 15.8. The monoisotopic (exact) mass is 448 g/mol.